The molecule has 2 rings (SSSR count). The zero-order valence-corrected chi connectivity index (χ0v) is 10.9. The van der Waals surface area contributed by atoms with Gasteiger partial charge in [-0.15, -0.1) is 0 Å². The number of rotatable bonds is 3. The fourth-order valence-electron chi connectivity index (χ4n) is 1.79. The fraction of sp³-hybridized carbons (Fsp3) is 0.0667. The van der Waals surface area contributed by atoms with E-state index in [2.05, 4.69) is 11.4 Å². The maximum atomic E-state index is 11.7. The molecule has 2 aromatic rings. The summed E-state index contributed by atoms with van der Waals surface area (Å²) in [5.74, 6) is -0.443. The monoisotopic (exact) mass is 267 g/mol. The summed E-state index contributed by atoms with van der Waals surface area (Å²) in [7, 11) is 1.32. The second-order valence-corrected chi connectivity index (χ2v) is 4.08. The third-order valence-corrected chi connectivity index (χ3v) is 2.77. The van der Waals surface area contributed by atoms with Gasteiger partial charge in [0.15, 0.2) is 0 Å². The molecule has 0 aliphatic heterocycles. The highest BCUT2D eigenvalue weighted by atomic mass is 16.5. The number of nitrogens with two attached hydrogens (primary N) is 1. The van der Waals surface area contributed by atoms with Gasteiger partial charge in [-0.3, -0.25) is 0 Å². The van der Waals surface area contributed by atoms with Crippen molar-refractivity contribution in [3.63, 3.8) is 0 Å². The summed E-state index contributed by atoms with van der Waals surface area (Å²) in [6.45, 7) is 0. The SMILES string of the molecule is COC(=O)c1ccccc1Nc1ccc(N)cc1C#N. The molecular weight excluding hydrogens is 254 g/mol. The highest BCUT2D eigenvalue weighted by Crippen LogP contribution is 2.25. The Morgan fingerprint density at radius 1 is 1.25 bits per heavy atom. The average molecular weight is 267 g/mol. The van der Waals surface area contributed by atoms with E-state index in [4.69, 9.17) is 15.7 Å². The number of benzene rings is 2. The predicted molar refractivity (Wildman–Crippen MR) is 76.6 cm³/mol. The molecule has 5 heteroatoms. The number of nitriles is 1. The van der Waals surface area contributed by atoms with Crippen LogP contribution in [0.3, 0.4) is 0 Å². The Hall–Kier alpha value is -3.00. The van der Waals surface area contributed by atoms with Crippen LogP contribution in [-0.4, -0.2) is 13.1 Å². The molecule has 0 aliphatic carbocycles. The van der Waals surface area contributed by atoms with Gasteiger partial charge < -0.3 is 15.8 Å². The molecular formula is C15H13N3O2. The number of nitrogens with zero attached hydrogens (tertiary/aromatic N) is 1. The molecule has 2 aromatic carbocycles. The van der Waals surface area contributed by atoms with Gasteiger partial charge in [-0.2, -0.15) is 5.26 Å². The van der Waals surface area contributed by atoms with Crippen molar-refractivity contribution >= 4 is 23.0 Å². The number of carbonyl (C=O) groups excluding carboxylic acids is 1. The van der Waals surface area contributed by atoms with E-state index in [0.717, 1.165) is 0 Å². The largest absolute Gasteiger partial charge is 0.465 e. The van der Waals surface area contributed by atoms with E-state index in [-0.39, 0.29) is 0 Å². The van der Waals surface area contributed by atoms with Crippen molar-refractivity contribution in [1.29, 1.82) is 5.26 Å². The number of esters is 1. The molecule has 0 saturated heterocycles. The van der Waals surface area contributed by atoms with Crippen molar-refractivity contribution in [2.45, 2.75) is 0 Å². The van der Waals surface area contributed by atoms with Gasteiger partial charge in [0.2, 0.25) is 0 Å². The molecule has 5 nitrogen and oxygen atoms in total. The smallest absolute Gasteiger partial charge is 0.339 e. The van der Waals surface area contributed by atoms with Gasteiger partial charge in [0.1, 0.15) is 6.07 Å². The van der Waals surface area contributed by atoms with Crippen LogP contribution in [-0.2, 0) is 4.74 Å². The van der Waals surface area contributed by atoms with Crippen LogP contribution in [0.15, 0.2) is 42.5 Å². The number of nitrogens with one attached hydrogen (secondary N) is 1. The number of methoxy groups -OCH3 is 1. The first kappa shape index (κ1) is 13.4. The number of hydrogen-bond acceptors (Lipinski definition) is 5. The van der Waals surface area contributed by atoms with Crippen molar-refractivity contribution in [1.82, 2.24) is 0 Å². The van der Waals surface area contributed by atoms with E-state index in [0.29, 0.717) is 28.2 Å². The van der Waals surface area contributed by atoms with Gasteiger partial charge in [-0.25, -0.2) is 4.79 Å². The second kappa shape index (κ2) is 5.76. The molecule has 100 valence electrons. The summed E-state index contributed by atoms with van der Waals surface area (Å²) in [5, 5.41) is 12.2. The van der Waals surface area contributed by atoms with E-state index in [1.165, 1.54) is 7.11 Å². The third-order valence-electron chi connectivity index (χ3n) is 2.77. The summed E-state index contributed by atoms with van der Waals surface area (Å²) in [6, 6.07) is 13.9. The first-order chi connectivity index (χ1) is 9.65. The van der Waals surface area contributed by atoms with E-state index >= 15 is 0 Å². The molecule has 20 heavy (non-hydrogen) atoms. The van der Waals surface area contributed by atoms with E-state index in [9.17, 15) is 4.79 Å². The maximum Gasteiger partial charge on any atom is 0.339 e. The lowest BCUT2D eigenvalue weighted by molar-refractivity contribution is 0.0602. The van der Waals surface area contributed by atoms with Crippen LogP contribution in [0.25, 0.3) is 0 Å². The quantitative estimate of drug-likeness (QED) is 0.659. The number of anilines is 3. The van der Waals surface area contributed by atoms with Crippen LogP contribution >= 0.6 is 0 Å². The average Bonchev–Trinajstić information content (AvgIpc) is 2.48. The summed E-state index contributed by atoms with van der Waals surface area (Å²) in [4.78, 5) is 11.7. The van der Waals surface area contributed by atoms with Crippen LogP contribution in [0.2, 0.25) is 0 Å². The van der Waals surface area contributed by atoms with Crippen LogP contribution < -0.4 is 11.1 Å². The van der Waals surface area contributed by atoms with Gasteiger partial charge in [-0.05, 0) is 30.3 Å². The minimum atomic E-state index is -0.443. The summed E-state index contributed by atoms with van der Waals surface area (Å²) in [5.41, 5.74) is 8.11. The van der Waals surface area contributed by atoms with Gasteiger partial charge in [0.25, 0.3) is 0 Å². The molecule has 3 N–H and O–H groups in total. The van der Waals surface area contributed by atoms with Crippen LogP contribution in [0.1, 0.15) is 15.9 Å². The highest BCUT2D eigenvalue weighted by molar-refractivity contribution is 5.96. The van der Waals surface area contributed by atoms with Gasteiger partial charge >= 0.3 is 5.97 Å². The second-order valence-electron chi connectivity index (χ2n) is 4.08. The molecule has 0 bridgehead atoms. The summed E-state index contributed by atoms with van der Waals surface area (Å²) in [6.07, 6.45) is 0. The Morgan fingerprint density at radius 2 is 2.00 bits per heavy atom. The molecule has 0 spiro atoms. The van der Waals surface area contributed by atoms with E-state index in [1.54, 1.807) is 42.5 Å². The van der Waals surface area contributed by atoms with Crippen LogP contribution in [0, 0.1) is 11.3 Å². The van der Waals surface area contributed by atoms with Gasteiger partial charge in [-0.1, -0.05) is 12.1 Å². The highest BCUT2D eigenvalue weighted by Gasteiger charge is 2.12. The Balaban J connectivity index is 2.41. The molecule has 0 amide bonds. The first-order valence-corrected chi connectivity index (χ1v) is 5.89. The Morgan fingerprint density at radius 3 is 2.70 bits per heavy atom. The topological polar surface area (TPSA) is 88.1 Å². The van der Waals surface area contributed by atoms with E-state index in [1.807, 2.05) is 0 Å². The molecule has 0 atom stereocenters. The standard InChI is InChI=1S/C15H13N3O2/c1-20-15(19)12-4-2-3-5-14(12)18-13-7-6-11(17)8-10(13)9-16/h2-8,18H,17H2,1H3. The van der Waals surface area contributed by atoms with Crippen molar-refractivity contribution < 1.29 is 9.53 Å². The molecule has 0 fully saturated rings. The number of hydrogen-bond donors (Lipinski definition) is 2. The molecule has 0 saturated carbocycles. The van der Waals surface area contributed by atoms with Crippen LogP contribution in [0.5, 0.6) is 0 Å². The lowest BCUT2D eigenvalue weighted by Gasteiger charge is -2.12. The summed E-state index contributed by atoms with van der Waals surface area (Å²) >= 11 is 0. The van der Waals surface area contributed by atoms with Gasteiger partial charge in [0, 0.05) is 5.69 Å². The maximum absolute atomic E-state index is 11.7. The Kier molecular flexibility index (Phi) is 3.87. The van der Waals surface area contributed by atoms with Crippen molar-refractivity contribution in [3.05, 3.63) is 53.6 Å². The Labute approximate surface area is 116 Å². The third kappa shape index (κ3) is 2.70. The molecule has 0 radical (unpaired) electrons. The van der Waals surface area contributed by atoms with Crippen LogP contribution in [0.4, 0.5) is 17.1 Å². The van der Waals surface area contributed by atoms with Crippen molar-refractivity contribution in [2.75, 3.05) is 18.2 Å². The molecule has 0 heterocycles. The molecule has 0 aromatic heterocycles. The lowest BCUT2D eigenvalue weighted by Crippen LogP contribution is -2.06. The minimum absolute atomic E-state index is 0.399. The number of nitrogen functional groups attached to an aromatic ring is 1. The van der Waals surface area contributed by atoms with Gasteiger partial charge in [0.05, 0.1) is 29.6 Å². The normalized spacial score (nSPS) is 9.60. The number of para-hydroxylation sites is 1. The number of ether oxygens (including phenoxy) is 1. The van der Waals surface area contributed by atoms with Crippen molar-refractivity contribution in [2.24, 2.45) is 0 Å². The molecule has 0 unspecified atom stereocenters. The zero-order chi connectivity index (χ0) is 14.5. The summed E-state index contributed by atoms with van der Waals surface area (Å²) < 4.78 is 4.73. The number of carbonyl (C=O) groups is 1. The van der Waals surface area contributed by atoms with Crippen molar-refractivity contribution in [3.8, 4) is 6.07 Å². The zero-order valence-electron chi connectivity index (χ0n) is 10.9. The van der Waals surface area contributed by atoms with E-state index < -0.39 is 5.97 Å². The Bertz CT molecular complexity index is 690. The molecule has 0 aliphatic rings. The lowest BCUT2D eigenvalue weighted by atomic mass is 10.1. The minimum Gasteiger partial charge on any atom is -0.465 e. The first-order valence-electron chi connectivity index (χ1n) is 5.89. The fourth-order valence-corrected chi connectivity index (χ4v) is 1.79. The predicted octanol–water partition coefficient (Wildman–Crippen LogP) is 2.67.